The number of H-pyrrole nitrogens is 1. The number of hydrogen-bond acceptors (Lipinski definition) is 8. The molecule has 1 aliphatic heterocycles. The molecule has 5 rings (SSSR count). The first-order chi connectivity index (χ1) is 15.5. The lowest BCUT2D eigenvalue weighted by Gasteiger charge is -2.29. The molecule has 0 spiro atoms. The van der Waals surface area contributed by atoms with Crippen molar-refractivity contribution in [1.29, 1.82) is 0 Å². The molecule has 2 aromatic heterocycles. The van der Waals surface area contributed by atoms with E-state index >= 15 is 0 Å². The smallest absolute Gasteiger partial charge is 0.408 e. The SMILES string of the molecule is O=c1[nH]c2cc(Nc3nc(Nc4cc(F)cc(N5CCOCC5)c4)ncc3F)ccc2o1. The number of morpholine rings is 1. The quantitative estimate of drug-likeness (QED) is 0.433. The Morgan fingerprint density at radius 2 is 1.88 bits per heavy atom. The van der Waals surface area contributed by atoms with Crippen LogP contribution in [-0.2, 0) is 4.74 Å². The Morgan fingerprint density at radius 1 is 1.03 bits per heavy atom. The number of benzene rings is 2. The van der Waals surface area contributed by atoms with Gasteiger partial charge in [0.05, 0.1) is 24.9 Å². The van der Waals surface area contributed by atoms with Crippen LogP contribution in [0.5, 0.6) is 0 Å². The second kappa shape index (κ2) is 8.27. The van der Waals surface area contributed by atoms with E-state index in [9.17, 15) is 13.6 Å². The minimum Gasteiger partial charge on any atom is -0.408 e. The fourth-order valence-electron chi connectivity index (χ4n) is 3.46. The molecule has 0 bridgehead atoms. The Hall–Kier alpha value is -3.99. The average molecular weight is 440 g/mol. The van der Waals surface area contributed by atoms with Gasteiger partial charge in [-0.15, -0.1) is 0 Å². The van der Waals surface area contributed by atoms with Crippen molar-refractivity contribution in [3.05, 3.63) is 64.8 Å². The molecule has 4 aromatic rings. The maximum atomic E-state index is 14.3. The third kappa shape index (κ3) is 4.23. The second-order valence-electron chi connectivity index (χ2n) is 7.16. The van der Waals surface area contributed by atoms with Gasteiger partial charge in [-0.1, -0.05) is 0 Å². The first-order valence-corrected chi connectivity index (χ1v) is 9.86. The van der Waals surface area contributed by atoms with Gasteiger partial charge in [-0.05, 0) is 36.4 Å². The minimum atomic E-state index is -0.676. The van der Waals surface area contributed by atoms with Gasteiger partial charge in [0.25, 0.3) is 0 Å². The number of aromatic amines is 1. The zero-order valence-corrected chi connectivity index (χ0v) is 16.7. The molecular weight excluding hydrogens is 422 g/mol. The van der Waals surface area contributed by atoms with E-state index in [2.05, 4.69) is 25.6 Å². The third-order valence-corrected chi connectivity index (χ3v) is 4.94. The molecule has 164 valence electrons. The Kier molecular flexibility index (Phi) is 5.15. The van der Waals surface area contributed by atoms with E-state index in [-0.39, 0.29) is 11.8 Å². The number of nitrogens with zero attached hydrogens (tertiary/aromatic N) is 3. The number of halogens is 2. The van der Waals surface area contributed by atoms with Gasteiger partial charge in [0.15, 0.2) is 17.2 Å². The molecule has 2 aromatic carbocycles. The van der Waals surface area contributed by atoms with Crippen molar-refractivity contribution in [3.63, 3.8) is 0 Å². The summed E-state index contributed by atoms with van der Waals surface area (Å²) in [5.41, 5.74) is 2.47. The summed E-state index contributed by atoms with van der Waals surface area (Å²) in [6.45, 7) is 2.48. The maximum Gasteiger partial charge on any atom is 0.417 e. The molecule has 0 saturated carbocycles. The first kappa shape index (κ1) is 19.9. The molecule has 0 unspecified atom stereocenters. The molecule has 1 fully saturated rings. The largest absolute Gasteiger partial charge is 0.417 e. The van der Waals surface area contributed by atoms with Crippen molar-refractivity contribution in [2.45, 2.75) is 0 Å². The van der Waals surface area contributed by atoms with Gasteiger partial charge in [0.2, 0.25) is 5.95 Å². The normalized spacial score (nSPS) is 14.0. The van der Waals surface area contributed by atoms with Crippen LogP contribution in [-0.4, -0.2) is 41.3 Å². The van der Waals surface area contributed by atoms with Crippen molar-refractivity contribution in [1.82, 2.24) is 15.0 Å². The van der Waals surface area contributed by atoms with Gasteiger partial charge < -0.3 is 24.7 Å². The topological polar surface area (TPSA) is 108 Å². The van der Waals surface area contributed by atoms with E-state index in [1.165, 1.54) is 12.1 Å². The van der Waals surface area contributed by atoms with Crippen LogP contribution in [0.1, 0.15) is 0 Å². The lowest BCUT2D eigenvalue weighted by Crippen LogP contribution is -2.36. The van der Waals surface area contributed by atoms with Gasteiger partial charge in [-0.25, -0.2) is 18.6 Å². The summed E-state index contributed by atoms with van der Waals surface area (Å²) in [5.74, 6) is -1.67. The van der Waals surface area contributed by atoms with E-state index in [0.29, 0.717) is 54.5 Å². The summed E-state index contributed by atoms with van der Waals surface area (Å²) in [7, 11) is 0. The molecule has 0 atom stereocenters. The molecule has 0 amide bonds. The van der Waals surface area contributed by atoms with Crippen molar-refractivity contribution in [3.8, 4) is 0 Å². The van der Waals surface area contributed by atoms with E-state index < -0.39 is 17.4 Å². The van der Waals surface area contributed by atoms with E-state index in [1.807, 2.05) is 4.90 Å². The highest BCUT2D eigenvalue weighted by Crippen LogP contribution is 2.26. The summed E-state index contributed by atoms with van der Waals surface area (Å²) in [6.07, 6.45) is 1.01. The molecular formula is C21H18F2N6O3. The predicted octanol–water partition coefficient (Wildman–Crippen LogP) is 3.51. The monoisotopic (exact) mass is 440 g/mol. The number of aromatic nitrogens is 3. The van der Waals surface area contributed by atoms with Gasteiger partial charge in [0.1, 0.15) is 5.82 Å². The van der Waals surface area contributed by atoms with Gasteiger partial charge in [-0.3, -0.25) is 4.98 Å². The highest BCUT2D eigenvalue weighted by atomic mass is 19.1. The highest BCUT2D eigenvalue weighted by molar-refractivity contribution is 5.78. The Labute approximate surface area is 180 Å². The van der Waals surface area contributed by atoms with Crippen LogP contribution in [0, 0.1) is 11.6 Å². The number of oxazole rings is 1. The van der Waals surface area contributed by atoms with Crippen LogP contribution in [0.4, 0.5) is 37.6 Å². The van der Waals surface area contributed by atoms with Gasteiger partial charge in [-0.2, -0.15) is 4.98 Å². The molecule has 1 aliphatic rings. The third-order valence-electron chi connectivity index (χ3n) is 4.94. The summed E-state index contributed by atoms with van der Waals surface area (Å²) < 4.78 is 38.8. The van der Waals surface area contributed by atoms with Crippen LogP contribution in [0.2, 0.25) is 0 Å². The Bertz CT molecular complexity index is 1330. The molecule has 9 nitrogen and oxygen atoms in total. The number of fused-ring (bicyclic) bond motifs is 1. The molecule has 11 heteroatoms. The highest BCUT2D eigenvalue weighted by Gasteiger charge is 2.14. The fourth-order valence-corrected chi connectivity index (χ4v) is 3.46. The van der Waals surface area contributed by atoms with Crippen LogP contribution in [0.25, 0.3) is 11.1 Å². The van der Waals surface area contributed by atoms with E-state index in [4.69, 9.17) is 9.15 Å². The number of hydrogen-bond donors (Lipinski definition) is 3. The van der Waals surface area contributed by atoms with Crippen molar-refractivity contribution >= 4 is 39.9 Å². The first-order valence-electron chi connectivity index (χ1n) is 9.86. The van der Waals surface area contributed by atoms with Crippen molar-refractivity contribution in [2.24, 2.45) is 0 Å². The van der Waals surface area contributed by atoms with Crippen LogP contribution in [0.15, 0.2) is 51.8 Å². The molecule has 0 radical (unpaired) electrons. The Morgan fingerprint density at radius 3 is 2.72 bits per heavy atom. The summed E-state index contributed by atoms with van der Waals surface area (Å²) in [4.78, 5) is 24.0. The van der Waals surface area contributed by atoms with Crippen LogP contribution < -0.4 is 21.3 Å². The number of nitrogens with one attached hydrogen (secondary N) is 3. The van der Waals surface area contributed by atoms with Crippen molar-refractivity contribution < 1.29 is 17.9 Å². The summed E-state index contributed by atoms with van der Waals surface area (Å²) in [6, 6.07) is 9.33. The molecule has 1 saturated heterocycles. The lowest BCUT2D eigenvalue weighted by molar-refractivity contribution is 0.122. The van der Waals surface area contributed by atoms with Crippen LogP contribution >= 0.6 is 0 Å². The Balaban J connectivity index is 1.38. The lowest BCUT2D eigenvalue weighted by atomic mass is 10.2. The van der Waals surface area contributed by atoms with Crippen molar-refractivity contribution in [2.75, 3.05) is 41.8 Å². The molecule has 0 aliphatic carbocycles. The fraction of sp³-hybridized carbons (Fsp3) is 0.190. The average Bonchev–Trinajstić information content (AvgIpc) is 3.15. The zero-order chi connectivity index (χ0) is 22.1. The van der Waals surface area contributed by atoms with E-state index in [1.54, 1.807) is 24.3 Å². The van der Waals surface area contributed by atoms with Crippen LogP contribution in [0.3, 0.4) is 0 Å². The number of rotatable bonds is 5. The van der Waals surface area contributed by atoms with E-state index in [0.717, 1.165) is 6.20 Å². The summed E-state index contributed by atoms with van der Waals surface area (Å²) in [5, 5.41) is 5.77. The number of ether oxygens (including phenoxy) is 1. The number of anilines is 5. The molecule has 3 N–H and O–H groups in total. The predicted molar refractivity (Wildman–Crippen MR) is 115 cm³/mol. The van der Waals surface area contributed by atoms with Gasteiger partial charge >= 0.3 is 5.76 Å². The zero-order valence-electron chi connectivity index (χ0n) is 16.7. The molecule has 3 heterocycles. The minimum absolute atomic E-state index is 0.0857. The maximum absolute atomic E-state index is 14.3. The standard InChI is InChI=1S/C21H18F2N6O3/c22-12-7-14(9-15(8-12)29-3-5-31-6-4-29)26-20-24-11-16(23)19(28-20)25-13-1-2-18-17(10-13)27-21(30)32-18/h1-2,7-11H,3-6H2,(H,27,30)(H2,24,25,26,28). The molecule has 32 heavy (non-hydrogen) atoms. The van der Waals surface area contributed by atoms with Gasteiger partial charge in [0, 0.05) is 30.2 Å². The summed E-state index contributed by atoms with van der Waals surface area (Å²) >= 11 is 0. The second-order valence-corrected chi connectivity index (χ2v) is 7.16.